The zero-order valence-corrected chi connectivity index (χ0v) is 6.30. The van der Waals surface area contributed by atoms with Gasteiger partial charge in [0.25, 0.3) is 6.43 Å². The Morgan fingerprint density at radius 3 is 2.67 bits per heavy atom. The maximum atomic E-state index is 12.2. The highest BCUT2D eigenvalue weighted by molar-refractivity contribution is 5.26. The van der Waals surface area contributed by atoms with Gasteiger partial charge in [-0.25, -0.2) is 8.78 Å². The molecule has 0 saturated carbocycles. The van der Waals surface area contributed by atoms with E-state index < -0.39 is 17.4 Å². The van der Waals surface area contributed by atoms with E-state index in [1.165, 1.54) is 13.3 Å². The standard InChI is InChI=1S/C7H7F2NO2/c1-12-7-5(6(8)9)4(11)2-3-10-7/h2-3,6H,1H3,(H,10,11). The van der Waals surface area contributed by atoms with E-state index in [2.05, 4.69) is 9.72 Å². The van der Waals surface area contributed by atoms with Crippen LogP contribution in [0.5, 0.6) is 5.88 Å². The molecule has 0 spiro atoms. The van der Waals surface area contributed by atoms with E-state index in [0.29, 0.717) is 0 Å². The molecule has 0 unspecified atom stereocenters. The molecule has 1 rings (SSSR count). The molecule has 1 aromatic rings. The molecule has 0 saturated heterocycles. The van der Waals surface area contributed by atoms with Crippen molar-refractivity contribution in [3.63, 3.8) is 0 Å². The first-order valence-corrected chi connectivity index (χ1v) is 3.20. The number of rotatable bonds is 2. The minimum atomic E-state index is -2.81. The Morgan fingerprint density at radius 1 is 1.58 bits per heavy atom. The summed E-state index contributed by atoms with van der Waals surface area (Å²) in [5.41, 5.74) is -1.35. The molecule has 12 heavy (non-hydrogen) atoms. The van der Waals surface area contributed by atoms with E-state index in [9.17, 15) is 13.6 Å². The molecule has 0 aliphatic rings. The van der Waals surface area contributed by atoms with Crippen LogP contribution in [0.3, 0.4) is 0 Å². The summed E-state index contributed by atoms with van der Waals surface area (Å²) < 4.78 is 28.9. The predicted molar refractivity (Wildman–Crippen MR) is 38.6 cm³/mol. The molecule has 1 aromatic heterocycles. The number of nitrogens with one attached hydrogen (secondary N) is 1. The summed E-state index contributed by atoms with van der Waals surface area (Å²) >= 11 is 0. The van der Waals surface area contributed by atoms with Crippen molar-refractivity contribution in [3.8, 4) is 5.88 Å². The number of ether oxygens (including phenoxy) is 1. The number of alkyl halides is 2. The van der Waals surface area contributed by atoms with Crippen molar-refractivity contribution in [2.75, 3.05) is 7.11 Å². The van der Waals surface area contributed by atoms with Gasteiger partial charge >= 0.3 is 0 Å². The Bertz CT molecular complexity index is 321. The Morgan fingerprint density at radius 2 is 2.25 bits per heavy atom. The fourth-order valence-electron chi connectivity index (χ4n) is 0.848. The summed E-state index contributed by atoms with van der Waals surface area (Å²) in [6.45, 7) is 0. The highest BCUT2D eigenvalue weighted by Gasteiger charge is 2.17. The zero-order chi connectivity index (χ0) is 9.14. The summed E-state index contributed by atoms with van der Waals surface area (Å²) in [7, 11) is 1.22. The largest absolute Gasteiger partial charge is 0.482 e. The second-order valence-corrected chi connectivity index (χ2v) is 2.09. The molecule has 0 atom stereocenters. The van der Waals surface area contributed by atoms with Crippen molar-refractivity contribution in [1.82, 2.24) is 4.98 Å². The highest BCUT2D eigenvalue weighted by Crippen LogP contribution is 2.22. The van der Waals surface area contributed by atoms with Crippen molar-refractivity contribution in [1.29, 1.82) is 0 Å². The lowest BCUT2D eigenvalue weighted by Crippen LogP contribution is -2.10. The van der Waals surface area contributed by atoms with Crippen LogP contribution in [-0.2, 0) is 0 Å². The van der Waals surface area contributed by atoms with Crippen LogP contribution in [0.25, 0.3) is 0 Å². The van der Waals surface area contributed by atoms with Crippen molar-refractivity contribution in [3.05, 3.63) is 28.0 Å². The Hall–Kier alpha value is -1.39. The third kappa shape index (κ3) is 1.44. The van der Waals surface area contributed by atoms with Gasteiger partial charge in [0.15, 0.2) is 5.43 Å². The van der Waals surface area contributed by atoms with Crippen LogP contribution >= 0.6 is 0 Å². The third-order valence-corrected chi connectivity index (χ3v) is 1.38. The maximum Gasteiger partial charge on any atom is 0.272 e. The third-order valence-electron chi connectivity index (χ3n) is 1.38. The van der Waals surface area contributed by atoms with E-state index in [1.54, 1.807) is 0 Å². The van der Waals surface area contributed by atoms with Gasteiger partial charge in [-0.1, -0.05) is 0 Å². The Balaban J connectivity index is 3.30. The van der Waals surface area contributed by atoms with Gasteiger partial charge in [0.2, 0.25) is 5.88 Å². The van der Waals surface area contributed by atoms with Gasteiger partial charge in [-0.3, -0.25) is 4.79 Å². The second-order valence-electron chi connectivity index (χ2n) is 2.09. The monoisotopic (exact) mass is 175 g/mol. The Kier molecular flexibility index (Phi) is 2.42. The van der Waals surface area contributed by atoms with Gasteiger partial charge in [-0.15, -0.1) is 0 Å². The van der Waals surface area contributed by atoms with Gasteiger partial charge in [0, 0.05) is 12.3 Å². The molecule has 66 valence electrons. The first kappa shape index (κ1) is 8.70. The van der Waals surface area contributed by atoms with Crippen LogP contribution in [0.4, 0.5) is 8.78 Å². The molecule has 1 N–H and O–H groups in total. The predicted octanol–water partition coefficient (Wildman–Crippen LogP) is 1.32. The normalized spacial score (nSPS) is 10.3. The molecule has 1 heterocycles. The summed E-state index contributed by atoms with van der Waals surface area (Å²) in [5.74, 6) is -0.183. The van der Waals surface area contributed by atoms with Gasteiger partial charge in [0.05, 0.1) is 7.11 Å². The molecular weight excluding hydrogens is 168 g/mol. The van der Waals surface area contributed by atoms with Crippen molar-refractivity contribution in [2.24, 2.45) is 0 Å². The topological polar surface area (TPSA) is 42.1 Å². The fourth-order valence-corrected chi connectivity index (χ4v) is 0.848. The lowest BCUT2D eigenvalue weighted by atomic mass is 10.3. The van der Waals surface area contributed by atoms with Crippen LogP contribution in [-0.4, -0.2) is 12.1 Å². The molecule has 0 aliphatic heterocycles. The molecular formula is C7H7F2NO2. The second kappa shape index (κ2) is 3.34. The molecule has 0 aliphatic carbocycles. The van der Waals surface area contributed by atoms with Gasteiger partial charge in [0.1, 0.15) is 5.56 Å². The van der Waals surface area contributed by atoms with Gasteiger partial charge < -0.3 is 9.72 Å². The number of hydrogen-bond acceptors (Lipinski definition) is 2. The lowest BCUT2D eigenvalue weighted by Gasteiger charge is -2.04. The highest BCUT2D eigenvalue weighted by atomic mass is 19.3. The van der Waals surface area contributed by atoms with E-state index in [1.807, 2.05) is 0 Å². The summed E-state index contributed by atoms with van der Waals surface area (Å²) in [6, 6.07) is 1.03. The molecule has 0 fully saturated rings. The lowest BCUT2D eigenvalue weighted by molar-refractivity contribution is 0.144. The molecule has 0 bridgehead atoms. The molecule has 3 nitrogen and oxygen atoms in total. The van der Waals surface area contributed by atoms with Crippen molar-refractivity contribution in [2.45, 2.75) is 6.43 Å². The van der Waals surface area contributed by atoms with E-state index >= 15 is 0 Å². The zero-order valence-electron chi connectivity index (χ0n) is 6.30. The summed E-state index contributed by atoms with van der Waals surface area (Å²) in [6.07, 6.45) is -1.56. The van der Waals surface area contributed by atoms with Crippen molar-refractivity contribution >= 4 is 0 Å². The van der Waals surface area contributed by atoms with Crippen LogP contribution in [0.15, 0.2) is 17.1 Å². The maximum absolute atomic E-state index is 12.2. The number of aromatic nitrogens is 1. The van der Waals surface area contributed by atoms with E-state index in [4.69, 9.17) is 0 Å². The van der Waals surface area contributed by atoms with Gasteiger partial charge in [-0.05, 0) is 0 Å². The number of methoxy groups -OCH3 is 1. The van der Waals surface area contributed by atoms with Crippen LogP contribution in [0.1, 0.15) is 12.0 Å². The minimum absolute atomic E-state index is 0.183. The fraction of sp³-hybridized carbons (Fsp3) is 0.286. The molecule has 5 heteroatoms. The summed E-state index contributed by atoms with van der Waals surface area (Å²) in [5, 5.41) is 0. The Labute approximate surface area is 67.0 Å². The smallest absolute Gasteiger partial charge is 0.272 e. The number of pyridine rings is 1. The SMILES string of the molecule is COc1[nH]ccc(=O)c1C(F)F. The minimum Gasteiger partial charge on any atom is -0.482 e. The number of aromatic amines is 1. The van der Waals surface area contributed by atoms with Gasteiger partial charge in [-0.2, -0.15) is 0 Å². The first-order chi connectivity index (χ1) is 5.66. The number of hydrogen-bond donors (Lipinski definition) is 1. The quantitative estimate of drug-likeness (QED) is 0.736. The number of H-pyrrole nitrogens is 1. The van der Waals surface area contributed by atoms with E-state index in [0.717, 1.165) is 6.07 Å². The average molecular weight is 175 g/mol. The van der Waals surface area contributed by atoms with Crippen molar-refractivity contribution < 1.29 is 13.5 Å². The van der Waals surface area contributed by atoms with Crippen LogP contribution < -0.4 is 10.2 Å². The van der Waals surface area contributed by atoms with Crippen LogP contribution in [0.2, 0.25) is 0 Å². The van der Waals surface area contributed by atoms with Crippen LogP contribution in [0, 0.1) is 0 Å². The molecule has 0 aromatic carbocycles. The van der Waals surface area contributed by atoms with E-state index in [-0.39, 0.29) is 5.88 Å². The molecule has 0 amide bonds. The average Bonchev–Trinajstić information content (AvgIpc) is 2.03. The number of halogens is 2. The molecule has 0 radical (unpaired) electrons. The first-order valence-electron chi connectivity index (χ1n) is 3.20. The summed E-state index contributed by atoms with van der Waals surface area (Å²) in [4.78, 5) is 13.3.